The van der Waals surface area contributed by atoms with E-state index >= 15 is 0 Å². The lowest BCUT2D eigenvalue weighted by atomic mass is 9.81. The number of hydrogen-bond acceptors (Lipinski definition) is 4. The number of carboxylic acids is 1. The van der Waals surface area contributed by atoms with Crippen LogP contribution in [-0.4, -0.2) is 30.7 Å². The molecule has 2 rings (SSSR count). The molecule has 0 aromatic heterocycles. The molecule has 6 heteroatoms. The first kappa shape index (κ1) is 20.1. The average molecular weight is 363 g/mol. The third-order valence-electron chi connectivity index (χ3n) is 4.90. The number of carboxylic acid groups (broad SMARTS) is 1. The molecular weight excluding hydrogens is 334 g/mol. The molecule has 1 aromatic rings. The van der Waals surface area contributed by atoms with E-state index in [0.717, 1.165) is 18.4 Å². The van der Waals surface area contributed by atoms with E-state index in [9.17, 15) is 9.59 Å². The second-order valence-electron chi connectivity index (χ2n) is 6.79. The number of carbonyl (C=O) groups is 2. The Hall–Kier alpha value is -2.24. The van der Waals surface area contributed by atoms with Crippen LogP contribution in [0.1, 0.15) is 51.0 Å². The summed E-state index contributed by atoms with van der Waals surface area (Å²) in [7, 11) is 1.60. The Morgan fingerprint density at radius 2 is 1.85 bits per heavy atom. The van der Waals surface area contributed by atoms with Crippen molar-refractivity contribution in [1.82, 2.24) is 5.32 Å². The van der Waals surface area contributed by atoms with Crippen molar-refractivity contribution in [2.45, 2.75) is 52.0 Å². The summed E-state index contributed by atoms with van der Waals surface area (Å²) in [6.07, 6.45) is 4.48. The van der Waals surface area contributed by atoms with Crippen molar-refractivity contribution in [1.29, 1.82) is 0 Å². The minimum Gasteiger partial charge on any atom is -0.493 e. The van der Waals surface area contributed by atoms with Crippen LogP contribution < -0.4 is 14.8 Å². The molecule has 144 valence electrons. The summed E-state index contributed by atoms with van der Waals surface area (Å²) < 4.78 is 11.1. The maximum atomic E-state index is 12.3. The van der Waals surface area contributed by atoms with Crippen LogP contribution in [0.15, 0.2) is 18.2 Å². The minimum absolute atomic E-state index is 0.00363. The first-order chi connectivity index (χ1) is 12.5. The van der Waals surface area contributed by atoms with Crippen molar-refractivity contribution in [3.05, 3.63) is 23.8 Å². The van der Waals surface area contributed by atoms with E-state index in [2.05, 4.69) is 12.2 Å². The fraction of sp³-hybridized carbons (Fsp3) is 0.600. The molecule has 1 saturated carbocycles. The van der Waals surface area contributed by atoms with Gasteiger partial charge in [-0.2, -0.15) is 0 Å². The summed E-state index contributed by atoms with van der Waals surface area (Å²) in [6.45, 7) is 3.19. The van der Waals surface area contributed by atoms with Crippen LogP contribution in [0.25, 0.3) is 0 Å². The van der Waals surface area contributed by atoms with Gasteiger partial charge < -0.3 is 19.9 Å². The molecule has 0 atom stereocenters. The molecule has 1 aromatic carbocycles. The van der Waals surface area contributed by atoms with E-state index in [-0.39, 0.29) is 17.7 Å². The number of benzene rings is 1. The Morgan fingerprint density at radius 3 is 2.46 bits per heavy atom. The normalized spacial score (nSPS) is 19.6. The Kier molecular flexibility index (Phi) is 7.75. The van der Waals surface area contributed by atoms with Crippen molar-refractivity contribution in [2.75, 3.05) is 13.7 Å². The molecule has 6 nitrogen and oxygen atoms in total. The van der Waals surface area contributed by atoms with Gasteiger partial charge in [-0.1, -0.05) is 19.4 Å². The smallest absolute Gasteiger partial charge is 0.306 e. The Labute approximate surface area is 154 Å². The van der Waals surface area contributed by atoms with Gasteiger partial charge in [0, 0.05) is 12.5 Å². The third-order valence-corrected chi connectivity index (χ3v) is 4.90. The second kappa shape index (κ2) is 10.0. The maximum absolute atomic E-state index is 12.3. The Bertz CT molecular complexity index is 608. The number of amides is 1. The summed E-state index contributed by atoms with van der Waals surface area (Å²) in [5, 5.41) is 12.0. The molecule has 0 heterocycles. The van der Waals surface area contributed by atoms with Crippen LogP contribution in [0, 0.1) is 11.8 Å². The highest BCUT2D eigenvalue weighted by molar-refractivity contribution is 5.79. The zero-order valence-corrected chi connectivity index (χ0v) is 15.6. The standard InChI is InChI=1S/C20H29NO5/c1-3-4-11-26-17-10-5-14(12-18(17)25-2)13-21-19(22)15-6-8-16(9-7-15)20(23)24/h5,10,12,15-16H,3-4,6-9,11,13H2,1-2H3,(H,21,22)(H,23,24). The number of carbonyl (C=O) groups excluding carboxylic acids is 1. The van der Waals surface area contributed by atoms with Crippen LogP contribution >= 0.6 is 0 Å². The molecule has 0 unspecified atom stereocenters. The number of aliphatic carboxylic acids is 1. The van der Waals surface area contributed by atoms with E-state index in [4.69, 9.17) is 14.6 Å². The summed E-state index contributed by atoms with van der Waals surface area (Å²) in [5.74, 6) is 0.221. The number of unbranched alkanes of at least 4 members (excludes halogenated alkanes) is 1. The Morgan fingerprint density at radius 1 is 1.15 bits per heavy atom. The van der Waals surface area contributed by atoms with Crippen molar-refractivity contribution >= 4 is 11.9 Å². The van der Waals surface area contributed by atoms with Crippen LogP contribution in [0.3, 0.4) is 0 Å². The summed E-state index contributed by atoms with van der Waals surface area (Å²) in [4.78, 5) is 23.3. The SMILES string of the molecule is CCCCOc1ccc(CNC(=O)C2CCC(C(=O)O)CC2)cc1OC. The van der Waals surface area contributed by atoms with Gasteiger partial charge in [-0.05, 0) is 49.8 Å². The molecule has 1 fully saturated rings. The van der Waals surface area contributed by atoms with E-state index < -0.39 is 5.97 Å². The molecule has 1 aliphatic carbocycles. The van der Waals surface area contributed by atoms with Crippen LogP contribution in [-0.2, 0) is 16.1 Å². The van der Waals surface area contributed by atoms with E-state index in [1.807, 2.05) is 18.2 Å². The average Bonchev–Trinajstić information content (AvgIpc) is 2.66. The molecule has 1 amide bonds. The molecule has 0 saturated heterocycles. The van der Waals surface area contributed by atoms with Crippen LogP contribution in [0.5, 0.6) is 11.5 Å². The largest absolute Gasteiger partial charge is 0.493 e. The van der Waals surface area contributed by atoms with Crippen molar-refractivity contribution in [3.63, 3.8) is 0 Å². The van der Waals surface area contributed by atoms with Crippen LogP contribution in [0.4, 0.5) is 0 Å². The van der Waals surface area contributed by atoms with Crippen molar-refractivity contribution in [3.8, 4) is 11.5 Å². The monoisotopic (exact) mass is 363 g/mol. The molecule has 0 radical (unpaired) electrons. The molecule has 0 bridgehead atoms. The zero-order chi connectivity index (χ0) is 18.9. The fourth-order valence-corrected chi connectivity index (χ4v) is 3.20. The molecule has 0 spiro atoms. The van der Waals surface area contributed by atoms with Gasteiger partial charge in [-0.3, -0.25) is 9.59 Å². The van der Waals surface area contributed by atoms with Gasteiger partial charge in [0.15, 0.2) is 11.5 Å². The van der Waals surface area contributed by atoms with Crippen LogP contribution in [0.2, 0.25) is 0 Å². The van der Waals surface area contributed by atoms with Gasteiger partial charge in [-0.25, -0.2) is 0 Å². The lowest BCUT2D eigenvalue weighted by molar-refractivity contribution is -0.144. The van der Waals surface area contributed by atoms with E-state index in [0.29, 0.717) is 50.3 Å². The highest BCUT2D eigenvalue weighted by Gasteiger charge is 2.29. The number of methoxy groups -OCH3 is 1. The predicted molar refractivity (Wildman–Crippen MR) is 98.3 cm³/mol. The predicted octanol–water partition coefficient (Wildman–Crippen LogP) is 3.38. The van der Waals surface area contributed by atoms with Crippen molar-refractivity contribution < 1.29 is 24.2 Å². The fourth-order valence-electron chi connectivity index (χ4n) is 3.20. The number of nitrogens with one attached hydrogen (secondary N) is 1. The number of hydrogen-bond donors (Lipinski definition) is 2. The van der Waals surface area contributed by atoms with Gasteiger partial charge >= 0.3 is 5.97 Å². The third kappa shape index (κ3) is 5.64. The molecule has 1 aliphatic rings. The first-order valence-corrected chi connectivity index (χ1v) is 9.35. The van der Waals surface area contributed by atoms with E-state index in [1.165, 1.54) is 0 Å². The van der Waals surface area contributed by atoms with Gasteiger partial charge in [0.25, 0.3) is 0 Å². The topological polar surface area (TPSA) is 84.9 Å². The number of rotatable bonds is 9. The highest BCUT2D eigenvalue weighted by Crippen LogP contribution is 2.30. The van der Waals surface area contributed by atoms with E-state index in [1.54, 1.807) is 7.11 Å². The first-order valence-electron chi connectivity index (χ1n) is 9.35. The van der Waals surface area contributed by atoms with Gasteiger partial charge in [0.2, 0.25) is 5.91 Å². The summed E-state index contributed by atoms with van der Waals surface area (Å²) >= 11 is 0. The molecular formula is C20H29NO5. The summed E-state index contributed by atoms with van der Waals surface area (Å²) in [6, 6.07) is 5.67. The summed E-state index contributed by atoms with van der Waals surface area (Å²) in [5.41, 5.74) is 0.942. The molecule has 2 N–H and O–H groups in total. The number of ether oxygens (including phenoxy) is 2. The molecule has 26 heavy (non-hydrogen) atoms. The lowest BCUT2D eigenvalue weighted by Crippen LogP contribution is -2.34. The van der Waals surface area contributed by atoms with Gasteiger partial charge in [0.05, 0.1) is 19.6 Å². The van der Waals surface area contributed by atoms with Crippen molar-refractivity contribution in [2.24, 2.45) is 11.8 Å². The maximum Gasteiger partial charge on any atom is 0.306 e. The minimum atomic E-state index is -0.753. The second-order valence-corrected chi connectivity index (χ2v) is 6.79. The van der Waals surface area contributed by atoms with Gasteiger partial charge in [-0.15, -0.1) is 0 Å². The van der Waals surface area contributed by atoms with Gasteiger partial charge in [0.1, 0.15) is 0 Å². The quantitative estimate of drug-likeness (QED) is 0.657. The lowest BCUT2D eigenvalue weighted by Gasteiger charge is -2.25. The highest BCUT2D eigenvalue weighted by atomic mass is 16.5. The zero-order valence-electron chi connectivity index (χ0n) is 15.6. The molecule has 0 aliphatic heterocycles. The Balaban J connectivity index is 1.85.